The van der Waals surface area contributed by atoms with Crippen LogP contribution in [0, 0.1) is 6.92 Å². The molecule has 1 aromatic heterocycles. The first-order valence-electron chi connectivity index (χ1n) is 7.27. The lowest BCUT2D eigenvalue weighted by atomic mass is 10.1. The van der Waals surface area contributed by atoms with E-state index in [1.165, 1.54) is 0 Å². The molecule has 5 nitrogen and oxygen atoms in total. The van der Waals surface area contributed by atoms with E-state index in [9.17, 15) is 9.59 Å². The summed E-state index contributed by atoms with van der Waals surface area (Å²) >= 11 is 0. The predicted octanol–water partition coefficient (Wildman–Crippen LogP) is 3.34. The number of aromatic nitrogens is 1. The molecule has 0 saturated carbocycles. The highest BCUT2D eigenvalue weighted by Crippen LogP contribution is 2.20. The number of nitrogens with zero attached hydrogens (tertiary/aromatic N) is 1. The van der Waals surface area contributed by atoms with Crippen LogP contribution in [0.15, 0.2) is 51.7 Å². The van der Waals surface area contributed by atoms with E-state index in [-0.39, 0.29) is 11.9 Å². The first-order chi connectivity index (χ1) is 11.1. The summed E-state index contributed by atoms with van der Waals surface area (Å²) in [6.45, 7) is 3.98. The molecular weight excluding hydrogens is 294 g/mol. The Labute approximate surface area is 132 Å². The Morgan fingerprint density at radius 2 is 1.91 bits per heavy atom. The maximum Gasteiger partial charge on any atom is 0.347 e. The zero-order valence-electron chi connectivity index (χ0n) is 12.8. The zero-order chi connectivity index (χ0) is 16.4. The first kappa shape index (κ1) is 15.0. The lowest BCUT2D eigenvalue weighted by molar-refractivity contribution is 0.0526. The molecule has 0 aliphatic rings. The molecule has 0 unspecified atom stereocenters. The minimum Gasteiger partial charge on any atom is -0.462 e. The zero-order valence-corrected chi connectivity index (χ0v) is 12.8. The molecule has 0 amide bonds. The van der Waals surface area contributed by atoms with Crippen molar-refractivity contribution in [3.63, 3.8) is 0 Å². The molecule has 23 heavy (non-hydrogen) atoms. The Morgan fingerprint density at radius 3 is 2.61 bits per heavy atom. The van der Waals surface area contributed by atoms with Gasteiger partial charge < -0.3 is 9.15 Å². The minimum absolute atomic E-state index is 0.224. The number of aryl methyl sites for hydroxylation is 1. The fraction of sp³-hybridized carbons (Fsp3) is 0.167. The molecule has 3 rings (SSSR count). The molecule has 1 heterocycles. The Balaban J connectivity index is 2.02. The van der Waals surface area contributed by atoms with E-state index in [0.29, 0.717) is 28.6 Å². The second-order valence-electron chi connectivity index (χ2n) is 5.12. The highest BCUT2D eigenvalue weighted by Gasteiger charge is 2.11. The summed E-state index contributed by atoms with van der Waals surface area (Å²) in [7, 11) is 0. The number of fused-ring (bicyclic) bond motifs is 1. The maximum atomic E-state index is 12.1. The van der Waals surface area contributed by atoms with Crippen molar-refractivity contribution >= 4 is 16.9 Å². The fourth-order valence-corrected chi connectivity index (χ4v) is 2.27. The highest BCUT2D eigenvalue weighted by molar-refractivity contribution is 5.90. The van der Waals surface area contributed by atoms with Crippen LogP contribution in [0.25, 0.3) is 22.4 Å². The van der Waals surface area contributed by atoms with Crippen LogP contribution >= 0.6 is 0 Å². The Bertz CT molecular complexity index is 926. The Hall–Kier alpha value is -2.95. The van der Waals surface area contributed by atoms with E-state index in [1.54, 1.807) is 43.3 Å². The predicted molar refractivity (Wildman–Crippen MR) is 86.4 cm³/mol. The number of ether oxygens (including phenoxy) is 1. The van der Waals surface area contributed by atoms with E-state index in [0.717, 1.165) is 5.56 Å². The summed E-state index contributed by atoms with van der Waals surface area (Å²) in [4.78, 5) is 28.1. The molecule has 3 aromatic rings. The number of carbonyl (C=O) groups excluding carboxylic acids is 1. The van der Waals surface area contributed by atoms with Gasteiger partial charge in [-0.15, -0.1) is 0 Å². The average Bonchev–Trinajstić information content (AvgIpc) is 2.56. The van der Waals surface area contributed by atoms with Gasteiger partial charge in [0.15, 0.2) is 0 Å². The van der Waals surface area contributed by atoms with Gasteiger partial charge in [0.1, 0.15) is 0 Å². The number of benzene rings is 2. The van der Waals surface area contributed by atoms with E-state index < -0.39 is 5.63 Å². The van der Waals surface area contributed by atoms with Crippen LogP contribution < -0.4 is 5.63 Å². The molecule has 0 atom stereocenters. The van der Waals surface area contributed by atoms with Crippen molar-refractivity contribution in [2.75, 3.05) is 6.61 Å². The summed E-state index contributed by atoms with van der Waals surface area (Å²) in [6, 6.07) is 12.0. The SMILES string of the molecule is CCOC(=O)c1ccc(-c2nc3ccc(C)cc3c(=O)o2)cc1. The van der Waals surface area contributed by atoms with E-state index in [2.05, 4.69) is 4.98 Å². The third-order valence-corrected chi connectivity index (χ3v) is 3.43. The van der Waals surface area contributed by atoms with Crippen LogP contribution in [0.3, 0.4) is 0 Å². The minimum atomic E-state index is -0.428. The molecule has 116 valence electrons. The van der Waals surface area contributed by atoms with Crippen molar-refractivity contribution in [3.05, 3.63) is 64.0 Å². The van der Waals surface area contributed by atoms with Crippen LogP contribution in [-0.2, 0) is 4.74 Å². The quantitative estimate of drug-likeness (QED) is 0.694. The highest BCUT2D eigenvalue weighted by atomic mass is 16.5. The van der Waals surface area contributed by atoms with Crippen molar-refractivity contribution in [3.8, 4) is 11.5 Å². The van der Waals surface area contributed by atoms with E-state index in [4.69, 9.17) is 9.15 Å². The van der Waals surface area contributed by atoms with Crippen molar-refractivity contribution in [1.82, 2.24) is 4.98 Å². The van der Waals surface area contributed by atoms with Gasteiger partial charge in [0.05, 0.1) is 23.1 Å². The van der Waals surface area contributed by atoms with Gasteiger partial charge in [0.2, 0.25) is 5.89 Å². The molecule has 0 fully saturated rings. The van der Waals surface area contributed by atoms with Gasteiger partial charge in [-0.05, 0) is 50.2 Å². The number of hydrogen-bond donors (Lipinski definition) is 0. The van der Waals surface area contributed by atoms with Crippen LogP contribution in [-0.4, -0.2) is 17.6 Å². The Kier molecular flexibility index (Phi) is 3.93. The standard InChI is InChI=1S/C18H15NO4/c1-3-22-17(20)13-7-5-12(6-8-13)16-19-15-9-4-11(2)10-14(15)18(21)23-16/h4-10H,3H2,1-2H3. The van der Waals surface area contributed by atoms with Gasteiger partial charge >= 0.3 is 11.6 Å². The lowest BCUT2D eigenvalue weighted by Crippen LogP contribution is -2.05. The maximum absolute atomic E-state index is 12.1. The number of esters is 1. The summed E-state index contributed by atoms with van der Waals surface area (Å²) in [5.41, 5.74) is 2.18. The fourth-order valence-electron chi connectivity index (χ4n) is 2.27. The van der Waals surface area contributed by atoms with Crippen LogP contribution in [0.1, 0.15) is 22.8 Å². The van der Waals surface area contributed by atoms with Gasteiger partial charge in [-0.3, -0.25) is 0 Å². The third kappa shape index (κ3) is 2.99. The third-order valence-electron chi connectivity index (χ3n) is 3.43. The number of rotatable bonds is 3. The second kappa shape index (κ2) is 6.04. The monoisotopic (exact) mass is 309 g/mol. The van der Waals surface area contributed by atoms with Gasteiger partial charge in [-0.1, -0.05) is 11.6 Å². The van der Waals surface area contributed by atoms with Crippen LogP contribution in [0.4, 0.5) is 0 Å². The molecule has 0 N–H and O–H groups in total. The van der Waals surface area contributed by atoms with E-state index >= 15 is 0 Å². The molecule has 5 heteroatoms. The van der Waals surface area contributed by atoms with E-state index in [1.807, 2.05) is 13.0 Å². The smallest absolute Gasteiger partial charge is 0.347 e. The van der Waals surface area contributed by atoms with Gasteiger partial charge in [0, 0.05) is 5.56 Å². The average molecular weight is 309 g/mol. The van der Waals surface area contributed by atoms with Gasteiger partial charge in [0.25, 0.3) is 0 Å². The van der Waals surface area contributed by atoms with Crippen LogP contribution in [0.5, 0.6) is 0 Å². The van der Waals surface area contributed by atoms with Crippen LogP contribution in [0.2, 0.25) is 0 Å². The molecule has 2 aromatic carbocycles. The van der Waals surface area contributed by atoms with Crippen molar-refractivity contribution in [2.45, 2.75) is 13.8 Å². The summed E-state index contributed by atoms with van der Waals surface area (Å²) in [6.07, 6.45) is 0. The van der Waals surface area contributed by atoms with Gasteiger partial charge in [-0.2, -0.15) is 0 Å². The Morgan fingerprint density at radius 1 is 1.17 bits per heavy atom. The molecule has 0 aliphatic carbocycles. The van der Waals surface area contributed by atoms with Crippen molar-refractivity contribution < 1.29 is 13.9 Å². The van der Waals surface area contributed by atoms with Crippen molar-refractivity contribution in [1.29, 1.82) is 0 Å². The molecule has 0 radical (unpaired) electrons. The molecule has 0 saturated heterocycles. The largest absolute Gasteiger partial charge is 0.462 e. The molecular formula is C18H15NO4. The summed E-state index contributed by atoms with van der Waals surface area (Å²) < 4.78 is 10.2. The summed E-state index contributed by atoms with van der Waals surface area (Å²) in [5, 5.41) is 0.455. The molecule has 0 bridgehead atoms. The lowest BCUT2D eigenvalue weighted by Gasteiger charge is -2.04. The second-order valence-corrected chi connectivity index (χ2v) is 5.12. The molecule has 0 spiro atoms. The first-order valence-corrected chi connectivity index (χ1v) is 7.27. The normalized spacial score (nSPS) is 10.7. The number of hydrogen-bond acceptors (Lipinski definition) is 5. The molecule has 0 aliphatic heterocycles. The van der Waals surface area contributed by atoms with Gasteiger partial charge in [-0.25, -0.2) is 14.6 Å². The summed E-state index contributed by atoms with van der Waals surface area (Å²) in [5.74, 6) is -0.163. The topological polar surface area (TPSA) is 69.4 Å². The number of carbonyl (C=O) groups is 1. The van der Waals surface area contributed by atoms with Crippen molar-refractivity contribution in [2.24, 2.45) is 0 Å².